The molecule has 7 rings (SSSR count). The molecule has 5 heterocycles. The molecule has 1 spiro atoms. The van der Waals surface area contributed by atoms with E-state index in [-0.39, 0.29) is 30.6 Å². The Balaban J connectivity index is 1.23. The van der Waals surface area contributed by atoms with Crippen molar-refractivity contribution in [1.82, 2.24) is 0 Å². The van der Waals surface area contributed by atoms with E-state index in [1.807, 2.05) is 26.0 Å². The highest BCUT2D eigenvalue weighted by molar-refractivity contribution is 6.06. The van der Waals surface area contributed by atoms with E-state index in [4.69, 9.17) is 33.2 Å². The number of rotatable bonds is 4. The van der Waals surface area contributed by atoms with Gasteiger partial charge in [0.05, 0.1) is 37.1 Å². The van der Waals surface area contributed by atoms with Gasteiger partial charge in [-0.1, -0.05) is 61.7 Å². The summed E-state index contributed by atoms with van der Waals surface area (Å²) in [6.07, 6.45) is 14.9. The summed E-state index contributed by atoms with van der Waals surface area (Å²) in [5.74, 6) is -1.65. The zero-order chi connectivity index (χ0) is 38.2. The van der Waals surface area contributed by atoms with Crippen LogP contribution in [0.5, 0.6) is 0 Å². The van der Waals surface area contributed by atoms with Crippen molar-refractivity contribution < 1.29 is 53.4 Å². The van der Waals surface area contributed by atoms with Gasteiger partial charge >= 0.3 is 5.97 Å². The number of aliphatic hydroxyl groups excluding tert-OH is 1. The summed E-state index contributed by atoms with van der Waals surface area (Å²) in [6, 6.07) is 0. The van der Waals surface area contributed by atoms with Crippen LogP contribution in [0.3, 0.4) is 0 Å². The summed E-state index contributed by atoms with van der Waals surface area (Å²) in [5.41, 5.74) is 0.380. The summed E-state index contributed by atoms with van der Waals surface area (Å²) in [6.45, 7) is 7.93. The summed E-state index contributed by atoms with van der Waals surface area (Å²) in [5, 5.41) is 36.5. The Hall–Kier alpha value is -2.42. The van der Waals surface area contributed by atoms with Crippen molar-refractivity contribution in [2.75, 3.05) is 13.7 Å². The zero-order valence-electron chi connectivity index (χ0n) is 32.6. The number of aliphatic hydroxyl groups is 2. The van der Waals surface area contributed by atoms with E-state index < -0.39 is 60.1 Å². The molecule has 13 atom stereocenters. The fraction of sp³-hybridized carbons (Fsp3) is 0.762. The minimum absolute atomic E-state index is 0.0415. The van der Waals surface area contributed by atoms with E-state index in [0.717, 1.165) is 24.8 Å². The third kappa shape index (κ3) is 7.92. The Labute approximate surface area is 319 Å². The fourth-order valence-electron chi connectivity index (χ4n) is 10.1. The Bertz CT molecular complexity index is 1520. The van der Waals surface area contributed by atoms with Gasteiger partial charge < -0.3 is 48.6 Å². The second kappa shape index (κ2) is 16.6. The van der Waals surface area contributed by atoms with E-state index in [1.54, 1.807) is 26.2 Å². The lowest BCUT2D eigenvalue weighted by Crippen LogP contribution is -2.57. The molecule has 1 saturated carbocycles. The minimum Gasteiger partial charge on any atom is -0.462 e. The molecule has 0 amide bonds. The molecule has 0 aromatic heterocycles. The maximum Gasteiger partial charge on any atom is 0.316 e. The van der Waals surface area contributed by atoms with Crippen LogP contribution >= 0.6 is 0 Å². The molecule has 0 aromatic carbocycles. The van der Waals surface area contributed by atoms with Gasteiger partial charge in [0.1, 0.15) is 35.5 Å². The SMILES string of the molecule is CO[C@@H]1C[C@H](O[C@H]2C/C=C/C=C3\CO[C@@H]4/C(=N/O)C(C)=C[C@@H](C(=O)O[C@H]5C[C@@H](C/C=C/2C)OC2(CC[C@H](C)[C@@H](C6CCCCC6)O2)C5)[C@]34O)OC(C)[C@@H]1O. The van der Waals surface area contributed by atoms with Crippen LogP contribution in [0.15, 0.2) is 52.3 Å². The van der Waals surface area contributed by atoms with Gasteiger partial charge in [0.2, 0.25) is 0 Å². The molecule has 54 heavy (non-hydrogen) atoms. The molecule has 2 bridgehead atoms. The third-order valence-electron chi connectivity index (χ3n) is 13.2. The second-order valence-corrected chi connectivity index (χ2v) is 16.9. The van der Waals surface area contributed by atoms with Crippen LogP contribution in [0.4, 0.5) is 0 Å². The van der Waals surface area contributed by atoms with Gasteiger partial charge in [0.15, 0.2) is 12.1 Å². The van der Waals surface area contributed by atoms with Crippen molar-refractivity contribution in [2.24, 2.45) is 22.9 Å². The van der Waals surface area contributed by atoms with Gasteiger partial charge in [-0.05, 0) is 81.4 Å². The normalized spacial score (nSPS) is 47.2. The molecule has 12 heteroatoms. The number of hydrogen-bond donors (Lipinski definition) is 3. The predicted octanol–water partition coefficient (Wildman–Crippen LogP) is 5.82. The van der Waals surface area contributed by atoms with E-state index in [0.29, 0.717) is 61.5 Å². The van der Waals surface area contributed by atoms with Crippen LogP contribution < -0.4 is 0 Å². The molecule has 2 unspecified atom stereocenters. The molecular weight excluding hydrogens is 694 g/mol. The highest BCUT2D eigenvalue weighted by Crippen LogP contribution is 2.48. The average Bonchev–Trinajstić information content (AvgIpc) is 3.49. The van der Waals surface area contributed by atoms with Crippen molar-refractivity contribution in [3.63, 3.8) is 0 Å². The van der Waals surface area contributed by atoms with Gasteiger partial charge in [-0.15, -0.1) is 0 Å². The van der Waals surface area contributed by atoms with E-state index in [9.17, 15) is 20.2 Å². The summed E-state index contributed by atoms with van der Waals surface area (Å²) >= 11 is 0. The number of methoxy groups -OCH3 is 1. The number of carbonyl (C=O) groups is 1. The first-order chi connectivity index (χ1) is 25.9. The molecular formula is C42H61NO11. The minimum atomic E-state index is -1.82. The molecule has 5 aliphatic heterocycles. The molecule has 7 aliphatic rings. The van der Waals surface area contributed by atoms with Crippen LogP contribution in [0.1, 0.15) is 105 Å². The highest BCUT2D eigenvalue weighted by atomic mass is 16.7. The molecule has 0 aromatic rings. The van der Waals surface area contributed by atoms with Gasteiger partial charge in [0, 0.05) is 32.8 Å². The lowest BCUT2D eigenvalue weighted by molar-refractivity contribution is -0.342. The largest absolute Gasteiger partial charge is 0.462 e. The molecule has 12 nitrogen and oxygen atoms in total. The van der Waals surface area contributed by atoms with Crippen molar-refractivity contribution >= 4 is 11.7 Å². The molecule has 4 saturated heterocycles. The number of ether oxygens (including phenoxy) is 7. The number of allylic oxidation sites excluding steroid dienone is 2. The molecule has 2 aliphatic carbocycles. The molecule has 0 radical (unpaired) electrons. The maximum absolute atomic E-state index is 14.3. The molecule has 300 valence electrons. The summed E-state index contributed by atoms with van der Waals surface area (Å²) in [4.78, 5) is 14.3. The topological polar surface area (TPSA) is 155 Å². The first-order valence-corrected chi connectivity index (χ1v) is 20.3. The fourth-order valence-corrected chi connectivity index (χ4v) is 10.1. The van der Waals surface area contributed by atoms with Crippen LogP contribution in [-0.4, -0.2) is 107 Å². The zero-order valence-corrected chi connectivity index (χ0v) is 32.6. The second-order valence-electron chi connectivity index (χ2n) is 16.9. The lowest BCUT2D eigenvalue weighted by atomic mass is 9.71. The first kappa shape index (κ1) is 39.8. The Morgan fingerprint density at radius 1 is 1.02 bits per heavy atom. The standard InChI is InChI=1S/C42H61NO11/c1-24-15-16-30-20-31(22-41(53-30)18-17-25(2)38(54-41)28-11-7-6-8-12-28)51-40(45)32-19-26(3)36(43-47)39-42(32,46)29(23-49-39)13-9-10-14-33(24)52-35-21-34(48-5)37(44)27(4)50-35/h9-10,13,15,19,25,27-28,30-35,37-39,44,46-47H,6-8,11-12,14,16-18,20-23H2,1-5H3/b10-9+,24-15+,29-13+,43-36+/t25-,27?,30+,31-,32-,33-,34+,35-,37-,38-,39+,41?,42+/m0/s1. The molecule has 3 N–H and O–H groups in total. The van der Waals surface area contributed by atoms with Crippen molar-refractivity contribution in [2.45, 2.75) is 171 Å². The number of nitrogens with zero attached hydrogens (tertiary/aromatic N) is 1. The number of esters is 1. The predicted molar refractivity (Wildman–Crippen MR) is 199 cm³/mol. The van der Waals surface area contributed by atoms with Gasteiger partial charge in [-0.3, -0.25) is 4.79 Å². The number of fused-ring (bicyclic) bond motifs is 2. The Kier molecular flexibility index (Phi) is 12.2. The maximum atomic E-state index is 14.3. The Morgan fingerprint density at radius 3 is 2.57 bits per heavy atom. The van der Waals surface area contributed by atoms with Crippen molar-refractivity contribution in [1.29, 1.82) is 0 Å². The summed E-state index contributed by atoms with van der Waals surface area (Å²) < 4.78 is 44.8. The van der Waals surface area contributed by atoms with Crippen molar-refractivity contribution in [3.05, 3.63) is 47.1 Å². The van der Waals surface area contributed by atoms with Crippen molar-refractivity contribution in [3.8, 4) is 0 Å². The molecule has 5 fully saturated rings. The van der Waals surface area contributed by atoms with Gasteiger partial charge in [-0.25, -0.2) is 0 Å². The van der Waals surface area contributed by atoms with E-state index >= 15 is 0 Å². The van der Waals surface area contributed by atoms with Crippen LogP contribution in [0.25, 0.3) is 0 Å². The smallest absolute Gasteiger partial charge is 0.316 e. The Morgan fingerprint density at radius 2 is 1.81 bits per heavy atom. The van der Waals surface area contributed by atoms with E-state index in [2.05, 4.69) is 18.2 Å². The van der Waals surface area contributed by atoms with Crippen LogP contribution in [0.2, 0.25) is 0 Å². The number of carbonyl (C=O) groups excluding carboxylic acids is 1. The first-order valence-electron chi connectivity index (χ1n) is 20.3. The summed E-state index contributed by atoms with van der Waals surface area (Å²) in [7, 11) is 1.58. The highest BCUT2D eigenvalue weighted by Gasteiger charge is 2.60. The van der Waals surface area contributed by atoms with Crippen LogP contribution in [0, 0.1) is 17.8 Å². The average molecular weight is 756 g/mol. The van der Waals surface area contributed by atoms with E-state index in [1.165, 1.54) is 19.3 Å². The van der Waals surface area contributed by atoms with Crippen LogP contribution in [-0.2, 0) is 38.0 Å². The lowest BCUT2D eigenvalue weighted by Gasteiger charge is -2.51. The quantitative estimate of drug-likeness (QED) is 0.138. The van der Waals surface area contributed by atoms with Gasteiger partial charge in [0.25, 0.3) is 0 Å². The third-order valence-corrected chi connectivity index (χ3v) is 13.2. The van der Waals surface area contributed by atoms with Gasteiger partial charge in [-0.2, -0.15) is 0 Å². The number of oxime groups is 1. The monoisotopic (exact) mass is 755 g/mol. The number of hydrogen-bond acceptors (Lipinski definition) is 12.